The number of carbonyl (C=O) groups is 2. The molecule has 0 saturated carbocycles. The number of fused-ring (bicyclic) bond motifs is 1. The molecule has 3 aromatic rings. The number of benzene rings is 3. The largest absolute Gasteiger partial charge is 0.507 e. The van der Waals surface area contributed by atoms with Crippen molar-refractivity contribution in [2.75, 3.05) is 18.1 Å². The predicted octanol–water partition coefficient (Wildman–Crippen LogP) is 5.35. The van der Waals surface area contributed by atoms with Crippen molar-refractivity contribution >= 4 is 23.1 Å². The molecule has 0 spiro atoms. The van der Waals surface area contributed by atoms with Crippen molar-refractivity contribution in [3.8, 4) is 11.5 Å². The second kappa shape index (κ2) is 9.29. The number of ketones is 1. The molecule has 2 aliphatic heterocycles. The number of rotatable bonds is 5. The van der Waals surface area contributed by atoms with Crippen molar-refractivity contribution in [1.82, 2.24) is 0 Å². The Balaban J connectivity index is 1.69. The molecule has 1 fully saturated rings. The van der Waals surface area contributed by atoms with E-state index in [-0.39, 0.29) is 11.3 Å². The molecule has 1 unspecified atom stereocenters. The monoisotopic (exact) mass is 469 g/mol. The molecule has 6 nitrogen and oxygen atoms in total. The van der Waals surface area contributed by atoms with E-state index in [1.807, 2.05) is 68.4 Å². The third-order valence-corrected chi connectivity index (χ3v) is 6.39. The fraction of sp³-hybridized carbons (Fsp3) is 0.241. The first-order chi connectivity index (χ1) is 17.0. The lowest BCUT2D eigenvalue weighted by atomic mass is 9.93. The fourth-order valence-corrected chi connectivity index (χ4v) is 4.80. The van der Waals surface area contributed by atoms with Gasteiger partial charge >= 0.3 is 0 Å². The van der Waals surface area contributed by atoms with Crippen molar-refractivity contribution < 1.29 is 24.2 Å². The minimum absolute atomic E-state index is 0.0573. The Bertz CT molecular complexity index is 1340. The van der Waals surface area contributed by atoms with Gasteiger partial charge in [-0.05, 0) is 85.8 Å². The molecular formula is C29H27NO5. The second-order valence-corrected chi connectivity index (χ2v) is 8.79. The highest BCUT2D eigenvalue weighted by Crippen LogP contribution is 2.43. The Kier molecular flexibility index (Phi) is 6.03. The number of hydrogen-bond donors (Lipinski definition) is 1. The minimum atomic E-state index is -0.801. The summed E-state index contributed by atoms with van der Waals surface area (Å²) in [5, 5.41) is 11.4. The zero-order valence-electron chi connectivity index (χ0n) is 19.8. The van der Waals surface area contributed by atoms with Crippen LogP contribution in [0.4, 0.5) is 5.69 Å². The topological polar surface area (TPSA) is 76.1 Å². The molecule has 178 valence electrons. The lowest BCUT2D eigenvalue weighted by Crippen LogP contribution is -2.29. The van der Waals surface area contributed by atoms with E-state index in [0.29, 0.717) is 35.8 Å². The molecule has 0 aromatic heterocycles. The van der Waals surface area contributed by atoms with E-state index in [4.69, 9.17) is 9.47 Å². The van der Waals surface area contributed by atoms with Crippen LogP contribution in [0.1, 0.15) is 41.6 Å². The summed E-state index contributed by atoms with van der Waals surface area (Å²) in [5.74, 6) is -0.173. The number of aliphatic hydroxyl groups excluding tert-OH is 1. The summed E-state index contributed by atoms with van der Waals surface area (Å²) in [6, 6.07) is 19.3. The number of hydrogen-bond acceptors (Lipinski definition) is 5. The van der Waals surface area contributed by atoms with E-state index in [1.165, 1.54) is 4.90 Å². The molecule has 0 aliphatic carbocycles. The van der Waals surface area contributed by atoms with Gasteiger partial charge in [-0.2, -0.15) is 0 Å². The normalized spacial score (nSPS) is 18.8. The lowest BCUT2D eigenvalue weighted by molar-refractivity contribution is -0.132. The van der Waals surface area contributed by atoms with Gasteiger partial charge < -0.3 is 14.6 Å². The smallest absolute Gasteiger partial charge is 0.300 e. The van der Waals surface area contributed by atoms with Crippen molar-refractivity contribution in [3.05, 3.63) is 94.6 Å². The Morgan fingerprint density at radius 2 is 1.91 bits per heavy atom. The van der Waals surface area contributed by atoms with Gasteiger partial charge in [-0.25, -0.2) is 0 Å². The van der Waals surface area contributed by atoms with E-state index in [9.17, 15) is 14.7 Å². The SMILES string of the molecule is CCOc1cccc(C2/C(=C(/O)c3ccc4c(c3)CCCO4)C(=O)C(=O)N2c2cccc(C)c2)c1. The Labute approximate surface area is 204 Å². The first kappa shape index (κ1) is 22.7. The van der Waals surface area contributed by atoms with Crippen LogP contribution in [0.25, 0.3) is 5.76 Å². The molecule has 1 N–H and O–H groups in total. The summed E-state index contributed by atoms with van der Waals surface area (Å²) in [6.45, 7) is 4.97. The highest BCUT2D eigenvalue weighted by molar-refractivity contribution is 6.51. The molecule has 2 aliphatic rings. The highest BCUT2D eigenvalue weighted by atomic mass is 16.5. The van der Waals surface area contributed by atoms with Crippen LogP contribution in [0.3, 0.4) is 0 Å². The number of amides is 1. The van der Waals surface area contributed by atoms with Crippen molar-refractivity contribution in [2.24, 2.45) is 0 Å². The molecule has 5 rings (SSSR count). The lowest BCUT2D eigenvalue weighted by Gasteiger charge is -2.26. The fourth-order valence-electron chi connectivity index (χ4n) is 4.80. The second-order valence-electron chi connectivity index (χ2n) is 8.79. The molecule has 35 heavy (non-hydrogen) atoms. The first-order valence-electron chi connectivity index (χ1n) is 11.8. The third-order valence-electron chi connectivity index (χ3n) is 6.39. The first-order valence-corrected chi connectivity index (χ1v) is 11.8. The van der Waals surface area contributed by atoms with Crippen LogP contribution in [0.2, 0.25) is 0 Å². The van der Waals surface area contributed by atoms with E-state index in [1.54, 1.807) is 12.1 Å². The van der Waals surface area contributed by atoms with Gasteiger partial charge in [0.25, 0.3) is 11.7 Å². The minimum Gasteiger partial charge on any atom is -0.507 e. The van der Waals surface area contributed by atoms with Gasteiger partial charge in [0.05, 0.1) is 24.8 Å². The van der Waals surface area contributed by atoms with Gasteiger partial charge in [-0.3, -0.25) is 14.5 Å². The zero-order valence-corrected chi connectivity index (χ0v) is 19.8. The highest BCUT2D eigenvalue weighted by Gasteiger charge is 2.47. The predicted molar refractivity (Wildman–Crippen MR) is 134 cm³/mol. The summed E-state index contributed by atoms with van der Waals surface area (Å²) in [5.41, 5.74) is 3.75. The molecule has 6 heteroatoms. The average molecular weight is 470 g/mol. The molecule has 0 radical (unpaired) electrons. The van der Waals surface area contributed by atoms with Crippen molar-refractivity contribution in [1.29, 1.82) is 0 Å². The van der Waals surface area contributed by atoms with Crippen LogP contribution in [-0.2, 0) is 16.0 Å². The molecule has 1 atom stereocenters. The summed E-state index contributed by atoms with van der Waals surface area (Å²) in [6.07, 6.45) is 1.72. The average Bonchev–Trinajstić information content (AvgIpc) is 3.14. The third kappa shape index (κ3) is 4.16. The maximum Gasteiger partial charge on any atom is 0.300 e. The van der Waals surface area contributed by atoms with E-state index < -0.39 is 17.7 Å². The van der Waals surface area contributed by atoms with E-state index in [2.05, 4.69) is 0 Å². The standard InChI is InChI=1S/C29H27NO5/c1-3-34-23-11-5-8-20(17-23)26-25(27(31)21-12-13-24-19(16-21)9-6-14-35-24)28(32)29(33)30(26)22-10-4-7-18(2)15-22/h4-5,7-8,10-13,15-17,26,31H,3,6,9,14H2,1-2H3/b27-25-. The summed E-state index contributed by atoms with van der Waals surface area (Å²) in [4.78, 5) is 28.2. The van der Waals surface area contributed by atoms with E-state index in [0.717, 1.165) is 29.7 Å². The van der Waals surface area contributed by atoms with Crippen LogP contribution < -0.4 is 14.4 Å². The van der Waals surface area contributed by atoms with Gasteiger partial charge in [0.1, 0.15) is 17.3 Å². The number of aryl methyl sites for hydroxylation is 2. The van der Waals surface area contributed by atoms with Crippen LogP contribution in [-0.4, -0.2) is 30.0 Å². The number of aliphatic hydroxyl groups is 1. The number of carbonyl (C=O) groups excluding carboxylic acids is 2. The number of nitrogens with zero attached hydrogens (tertiary/aromatic N) is 1. The molecule has 3 aromatic carbocycles. The Morgan fingerprint density at radius 1 is 1.09 bits per heavy atom. The summed E-state index contributed by atoms with van der Waals surface area (Å²) < 4.78 is 11.4. The Hall–Kier alpha value is -4.06. The maximum atomic E-state index is 13.4. The summed E-state index contributed by atoms with van der Waals surface area (Å²) >= 11 is 0. The Morgan fingerprint density at radius 3 is 2.71 bits per heavy atom. The molecule has 2 heterocycles. The zero-order chi connectivity index (χ0) is 24.5. The van der Waals surface area contributed by atoms with E-state index >= 15 is 0 Å². The number of anilines is 1. The van der Waals surface area contributed by atoms with Gasteiger partial charge in [0.15, 0.2) is 0 Å². The van der Waals surface area contributed by atoms with Gasteiger partial charge in [0.2, 0.25) is 0 Å². The van der Waals surface area contributed by atoms with Crippen molar-refractivity contribution in [3.63, 3.8) is 0 Å². The molecule has 1 saturated heterocycles. The maximum absolute atomic E-state index is 13.4. The van der Waals surface area contributed by atoms with Crippen LogP contribution in [0.5, 0.6) is 11.5 Å². The van der Waals surface area contributed by atoms with Gasteiger partial charge in [-0.15, -0.1) is 0 Å². The number of Topliss-reactive ketones (excluding diaryl/α,β-unsaturated/α-hetero) is 1. The van der Waals surface area contributed by atoms with Crippen LogP contribution in [0.15, 0.2) is 72.3 Å². The van der Waals surface area contributed by atoms with Crippen LogP contribution in [0, 0.1) is 6.92 Å². The van der Waals surface area contributed by atoms with Gasteiger partial charge in [-0.1, -0.05) is 24.3 Å². The summed E-state index contributed by atoms with van der Waals surface area (Å²) in [7, 11) is 0. The van der Waals surface area contributed by atoms with Crippen LogP contribution >= 0.6 is 0 Å². The van der Waals surface area contributed by atoms with Crippen molar-refractivity contribution in [2.45, 2.75) is 32.7 Å². The molecule has 1 amide bonds. The number of ether oxygens (including phenoxy) is 2. The molecule has 0 bridgehead atoms. The van der Waals surface area contributed by atoms with Gasteiger partial charge in [0, 0.05) is 11.3 Å². The quantitative estimate of drug-likeness (QED) is 0.310. The molecular weight excluding hydrogens is 442 g/mol.